The Balaban J connectivity index is 1.68. The van der Waals surface area contributed by atoms with E-state index in [0.29, 0.717) is 30.0 Å². The highest BCUT2D eigenvalue weighted by molar-refractivity contribution is 5.84. The van der Waals surface area contributed by atoms with Crippen molar-refractivity contribution in [3.8, 4) is 0 Å². The third kappa shape index (κ3) is 1.97. The molecule has 0 amide bonds. The Labute approximate surface area is 133 Å². The summed E-state index contributed by atoms with van der Waals surface area (Å²) >= 11 is 0. The van der Waals surface area contributed by atoms with E-state index in [9.17, 15) is 15.0 Å². The van der Waals surface area contributed by atoms with Crippen LogP contribution in [0.3, 0.4) is 0 Å². The number of ketones is 1. The fraction of sp³-hybridized carbons (Fsp3) is 0.947. The van der Waals surface area contributed by atoms with Gasteiger partial charge in [0, 0.05) is 12.3 Å². The van der Waals surface area contributed by atoms with E-state index in [1.54, 1.807) is 0 Å². The Kier molecular flexibility index (Phi) is 3.30. The maximum atomic E-state index is 13.1. The number of carbonyl (C=O) groups is 1. The molecular weight excluding hydrogens is 276 g/mol. The molecule has 0 aliphatic heterocycles. The molecule has 4 fully saturated rings. The lowest BCUT2D eigenvalue weighted by Gasteiger charge is -2.59. The van der Waals surface area contributed by atoms with Gasteiger partial charge in [-0.3, -0.25) is 4.79 Å². The summed E-state index contributed by atoms with van der Waals surface area (Å²) in [7, 11) is 0. The largest absolute Gasteiger partial charge is 0.393 e. The number of aliphatic hydroxyl groups is 2. The molecule has 8 atom stereocenters. The molecule has 0 aromatic rings. The summed E-state index contributed by atoms with van der Waals surface area (Å²) in [5.74, 6) is 2.15. The molecule has 22 heavy (non-hydrogen) atoms. The first-order valence-corrected chi connectivity index (χ1v) is 9.22. The molecule has 0 radical (unpaired) electrons. The van der Waals surface area contributed by atoms with Crippen molar-refractivity contribution in [1.82, 2.24) is 0 Å². The van der Waals surface area contributed by atoms with Gasteiger partial charge in [-0.15, -0.1) is 0 Å². The summed E-state index contributed by atoms with van der Waals surface area (Å²) in [6.07, 6.45) is 7.03. The molecule has 0 aromatic heterocycles. The van der Waals surface area contributed by atoms with Gasteiger partial charge in [0.25, 0.3) is 0 Å². The standard InChI is InChI=1S/C19H30O3/c1-18-9-13(21)8-15(18)14-4-3-11-7-12(20)5-6-19(11,2)17(14)16(22)10-18/h11-15,17,20-21H,3-10H2,1-2H3/t11-,12+,13+,14+,15+,17-,18-,19+/m0/s1. The van der Waals surface area contributed by atoms with Crippen LogP contribution in [-0.4, -0.2) is 28.2 Å². The van der Waals surface area contributed by atoms with Gasteiger partial charge in [0.05, 0.1) is 12.2 Å². The van der Waals surface area contributed by atoms with Crippen molar-refractivity contribution in [2.75, 3.05) is 0 Å². The fourth-order valence-electron chi connectivity index (χ4n) is 7.10. The van der Waals surface area contributed by atoms with Crippen molar-refractivity contribution >= 4 is 5.78 Å². The number of carbonyl (C=O) groups excluding carboxylic acids is 1. The molecule has 0 spiro atoms. The summed E-state index contributed by atoms with van der Waals surface area (Å²) in [5.41, 5.74) is 0.128. The predicted molar refractivity (Wildman–Crippen MR) is 84.1 cm³/mol. The second kappa shape index (κ2) is 4.80. The summed E-state index contributed by atoms with van der Waals surface area (Å²) < 4.78 is 0. The Morgan fingerprint density at radius 1 is 1.05 bits per heavy atom. The van der Waals surface area contributed by atoms with E-state index in [1.807, 2.05) is 0 Å². The van der Waals surface area contributed by atoms with Crippen LogP contribution in [0.4, 0.5) is 0 Å². The first-order valence-electron chi connectivity index (χ1n) is 9.22. The predicted octanol–water partition coefficient (Wildman–Crippen LogP) is 2.93. The van der Waals surface area contributed by atoms with Gasteiger partial charge in [-0.1, -0.05) is 13.8 Å². The molecule has 4 aliphatic rings. The number of hydrogen-bond acceptors (Lipinski definition) is 3. The normalized spacial score (nSPS) is 57.9. The molecule has 2 N–H and O–H groups in total. The monoisotopic (exact) mass is 306 g/mol. The lowest BCUT2D eigenvalue weighted by molar-refractivity contribution is -0.159. The van der Waals surface area contributed by atoms with Gasteiger partial charge in [0.15, 0.2) is 0 Å². The lowest BCUT2D eigenvalue weighted by atomic mass is 9.45. The minimum atomic E-state index is -0.208. The Morgan fingerprint density at radius 2 is 1.82 bits per heavy atom. The third-order valence-corrected chi connectivity index (χ3v) is 8.06. The molecule has 3 heteroatoms. The summed E-state index contributed by atoms with van der Waals surface area (Å²) in [4.78, 5) is 13.1. The van der Waals surface area contributed by atoms with Crippen molar-refractivity contribution in [2.24, 2.45) is 34.5 Å². The molecule has 4 saturated carbocycles. The first kappa shape index (κ1) is 15.1. The summed E-state index contributed by atoms with van der Waals surface area (Å²) in [5, 5.41) is 20.2. The molecule has 0 bridgehead atoms. The number of aliphatic hydroxyl groups excluding tert-OH is 2. The highest BCUT2D eigenvalue weighted by Crippen LogP contribution is 2.65. The van der Waals surface area contributed by atoms with Gasteiger partial charge in [0.1, 0.15) is 5.78 Å². The molecule has 0 unspecified atom stereocenters. The molecule has 4 rings (SSSR count). The number of fused-ring (bicyclic) bond motifs is 5. The lowest BCUT2D eigenvalue weighted by Crippen LogP contribution is -2.56. The second-order valence-electron chi connectivity index (χ2n) is 9.35. The quantitative estimate of drug-likeness (QED) is 0.723. The number of rotatable bonds is 0. The van der Waals surface area contributed by atoms with Gasteiger partial charge in [0.2, 0.25) is 0 Å². The average Bonchev–Trinajstić information content (AvgIpc) is 2.73. The van der Waals surface area contributed by atoms with Crippen LogP contribution in [0.25, 0.3) is 0 Å². The fourth-order valence-corrected chi connectivity index (χ4v) is 7.10. The van der Waals surface area contributed by atoms with Crippen molar-refractivity contribution in [3.05, 3.63) is 0 Å². The van der Waals surface area contributed by atoms with E-state index in [4.69, 9.17) is 0 Å². The van der Waals surface area contributed by atoms with Crippen molar-refractivity contribution < 1.29 is 15.0 Å². The molecular formula is C19H30O3. The van der Waals surface area contributed by atoms with Crippen LogP contribution < -0.4 is 0 Å². The molecule has 0 aromatic carbocycles. The van der Waals surface area contributed by atoms with Crippen molar-refractivity contribution in [2.45, 2.75) is 77.4 Å². The number of hydrogen-bond donors (Lipinski definition) is 2. The Morgan fingerprint density at radius 3 is 2.59 bits per heavy atom. The maximum absolute atomic E-state index is 13.1. The van der Waals surface area contributed by atoms with E-state index in [-0.39, 0.29) is 29.0 Å². The van der Waals surface area contributed by atoms with E-state index < -0.39 is 0 Å². The van der Waals surface area contributed by atoms with E-state index in [1.165, 1.54) is 0 Å². The van der Waals surface area contributed by atoms with Crippen LogP contribution in [0.15, 0.2) is 0 Å². The van der Waals surface area contributed by atoms with E-state index in [0.717, 1.165) is 44.9 Å². The molecule has 124 valence electrons. The van der Waals surface area contributed by atoms with E-state index in [2.05, 4.69) is 13.8 Å². The molecule has 0 saturated heterocycles. The zero-order chi connectivity index (χ0) is 15.7. The highest BCUT2D eigenvalue weighted by atomic mass is 16.3. The smallest absolute Gasteiger partial charge is 0.137 e. The minimum absolute atomic E-state index is 0.0368. The molecule has 4 aliphatic carbocycles. The van der Waals surface area contributed by atoms with Crippen LogP contribution in [0, 0.1) is 34.5 Å². The third-order valence-electron chi connectivity index (χ3n) is 8.06. The maximum Gasteiger partial charge on any atom is 0.137 e. The first-order chi connectivity index (χ1) is 10.3. The minimum Gasteiger partial charge on any atom is -0.393 e. The number of Topliss-reactive ketones (excluding diaryl/α,β-unsaturated/α-hetero) is 1. The Bertz CT molecular complexity index is 489. The summed E-state index contributed by atoms with van der Waals surface area (Å²) in [6, 6.07) is 0. The zero-order valence-electron chi connectivity index (χ0n) is 13.9. The van der Waals surface area contributed by atoms with Crippen molar-refractivity contribution in [1.29, 1.82) is 0 Å². The summed E-state index contributed by atoms with van der Waals surface area (Å²) in [6.45, 7) is 4.56. The van der Waals surface area contributed by atoms with Crippen LogP contribution in [0.5, 0.6) is 0 Å². The van der Waals surface area contributed by atoms with Crippen LogP contribution in [0.2, 0.25) is 0 Å². The van der Waals surface area contributed by atoms with Crippen LogP contribution >= 0.6 is 0 Å². The topological polar surface area (TPSA) is 57.5 Å². The van der Waals surface area contributed by atoms with Gasteiger partial charge >= 0.3 is 0 Å². The van der Waals surface area contributed by atoms with Gasteiger partial charge < -0.3 is 10.2 Å². The van der Waals surface area contributed by atoms with Crippen molar-refractivity contribution in [3.63, 3.8) is 0 Å². The molecule has 3 nitrogen and oxygen atoms in total. The second-order valence-corrected chi connectivity index (χ2v) is 9.35. The van der Waals surface area contributed by atoms with Crippen LogP contribution in [0.1, 0.15) is 65.2 Å². The van der Waals surface area contributed by atoms with Gasteiger partial charge in [-0.05, 0) is 73.5 Å². The van der Waals surface area contributed by atoms with Gasteiger partial charge in [-0.2, -0.15) is 0 Å². The average molecular weight is 306 g/mol. The Hall–Kier alpha value is -0.410. The van der Waals surface area contributed by atoms with Gasteiger partial charge in [-0.25, -0.2) is 0 Å². The van der Waals surface area contributed by atoms with E-state index >= 15 is 0 Å². The SMILES string of the molecule is C[C@]12CC(=O)[C@@H]3[C@H](CC[C@H]4C[C@H](O)CC[C@]43C)[C@H]1C[C@@H](O)C2. The molecule has 0 heterocycles. The zero-order valence-corrected chi connectivity index (χ0v) is 13.9. The van der Waals surface area contributed by atoms with Crippen LogP contribution in [-0.2, 0) is 4.79 Å². The highest BCUT2D eigenvalue weighted by Gasteiger charge is 2.62.